The number of aliphatic hydroxyl groups excluding tert-OH is 1. The van der Waals surface area contributed by atoms with Gasteiger partial charge in [0, 0.05) is 12.0 Å². The van der Waals surface area contributed by atoms with Crippen LogP contribution in [0.15, 0.2) is 0 Å². The highest BCUT2D eigenvalue weighted by Gasteiger charge is 2.20. The fourth-order valence-electron chi connectivity index (χ4n) is 2.12. The molecular weight excluding hydrogens is 190 g/mol. The summed E-state index contributed by atoms with van der Waals surface area (Å²) >= 11 is 0. The highest BCUT2D eigenvalue weighted by Crippen LogP contribution is 2.22. The maximum absolute atomic E-state index is 11.8. The topological polar surface area (TPSA) is 49.3 Å². The molecule has 0 radical (unpaired) electrons. The van der Waals surface area contributed by atoms with E-state index in [-0.39, 0.29) is 24.5 Å². The second kappa shape index (κ2) is 6.83. The lowest BCUT2D eigenvalue weighted by Gasteiger charge is -2.21. The lowest BCUT2D eigenvalue weighted by molar-refractivity contribution is -0.126. The summed E-state index contributed by atoms with van der Waals surface area (Å²) in [5, 5.41) is 11.7. The van der Waals surface area contributed by atoms with Crippen LogP contribution in [0.3, 0.4) is 0 Å². The van der Waals surface area contributed by atoms with Crippen LogP contribution in [-0.2, 0) is 4.79 Å². The second-order valence-corrected chi connectivity index (χ2v) is 4.63. The molecule has 0 saturated heterocycles. The monoisotopic (exact) mass is 213 g/mol. The van der Waals surface area contributed by atoms with Crippen LogP contribution in [0.1, 0.15) is 51.9 Å². The number of amides is 1. The van der Waals surface area contributed by atoms with E-state index in [0.717, 1.165) is 12.8 Å². The molecule has 1 fully saturated rings. The molecule has 3 nitrogen and oxygen atoms in total. The minimum atomic E-state index is -0.108. The van der Waals surface area contributed by atoms with Gasteiger partial charge in [-0.3, -0.25) is 4.79 Å². The molecule has 0 heterocycles. The first kappa shape index (κ1) is 12.5. The molecule has 0 unspecified atom stereocenters. The van der Waals surface area contributed by atoms with E-state index in [4.69, 9.17) is 5.11 Å². The van der Waals surface area contributed by atoms with Gasteiger partial charge in [-0.15, -0.1) is 0 Å². The van der Waals surface area contributed by atoms with Crippen LogP contribution in [0.4, 0.5) is 0 Å². The lowest BCUT2D eigenvalue weighted by Crippen LogP contribution is -2.39. The Hall–Kier alpha value is -0.570. The molecule has 1 rings (SSSR count). The van der Waals surface area contributed by atoms with E-state index in [1.165, 1.54) is 32.1 Å². The fraction of sp³-hybridized carbons (Fsp3) is 0.917. The van der Waals surface area contributed by atoms with Gasteiger partial charge in [0.25, 0.3) is 0 Å². The van der Waals surface area contributed by atoms with Crippen molar-refractivity contribution >= 4 is 5.91 Å². The van der Waals surface area contributed by atoms with Crippen LogP contribution in [0.25, 0.3) is 0 Å². The average Bonchev–Trinajstić information content (AvgIpc) is 2.16. The summed E-state index contributed by atoms with van der Waals surface area (Å²) in [4.78, 5) is 11.8. The van der Waals surface area contributed by atoms with Crippen molar-refractivity contribution in [1.82, 2.24) is 5.32 Å². The van der Waals surface area contributed by atoms with Gasteiger partial charge in [0.2, 0.25) is 5.91 Å². The highest BCUT2D eigenvalue weighted by molar-refractivity contribution is 5.78. The summed E-state index contributed by atoms with van der Waals surface area (Å²) in [6.45, 7) is 1.86. The zero-order chi connectivity index (χ0) is 11.1. The van der Waals surface area contributed by atoms with Gasteiger partial charge < -0.3 is 10.4 Å². The summed E-state index contributed by atoms with van der Waals surface area (Å²) in [5.74, 6) is 0.317. The third-order valence-electron chi connectivity index (χ3n) is 3.14. The van der Waals surface area contributed by atoms with E-state index in [9.17, 15) is 4.79 Å². The van der Waals surface area contributed by atoms with E-state index >= 15 is 0 Å². The van der Waals surface area contributed by atoms with Crippen molar-refractivity contribution in [1.29, 1.82) is 0 Å². The molecule has 0 aromatic carbocycles. The normalized spacial score (nSPS) is 21.5. The molecule has 2 N–H and O–H groups in total. The number of aliphatic hydroxyl groups is 1. The van der Waals surface area contributed by atoms with Crippen molar-refractivity contribution in [2.75, 3.05) is 6.61 Å². The molecule has 1 saturated carbocycles. The van der Waals surface area contributed by atoms with E-state index < -0.39 is 0 Å². The van der Waals surface area contributed by atoms with Crippen molar-refractivity contribution in [3.63, 3.8) is 0 Å². The molecule has 0 aromatic rings. The predicted molar refractivity (Wildman–Crippen MR) is 60.5 cm³/mol. The number of hydrogen-bond donors (Lipinski definition) is 2. The van der Waals surface area contributed by atoms with Crippen molar-refractivity contribution in [3.8, 4) is 0 Å². The molecule has 88 valence electrons. The van der Waals surface area contributed by atoms with Gasteiger partial charge in [-0.2, -0.15) is 0 Å². The molecule has 0 bridgehead atoms. The molecular formula is C12H23NO2. The Morgan fingerprint density at radius 3 is 2.33 bits per heavy atom. The van der Waals surface area contributed by atoms with E-state index in [1.54, 1.807) is 0 Å². The minimum absolute atomic E-state index is 0.0262. The summed E-state index contributed by atoms with van der Waals surface area (Å²) in [5.41, 5.74) is 0. The number of carbonyl (C=O) groups excluding carboxylic acids is 1. The van der Waals surface area contributed by atoms with Crippen LogP contribution in [0, 0.1) is 5.92 Å². The summed E-state index contributed by atoms with van der Waals surface area (Å²) in [6.07, 6.45) is 8.23. The zero-order valence-electron chi connectivity index (χ0n) is 9.67. The molecule has 0 spiro atoms. The number of nitrogens with one attached hydrogen (secondary N) is 1. The number of carbonyl (C=O) groups is 1. The van der Waals surface area contributed by atoms with Crippen LogP contribution < -0.4 is 5.32 Å². The largest absolute Gasteiger partial charge is 0.394 e. The van der Waals surface area contributed by atoms with E-state index in [1.807, 2.05) is 6.92 Å². The van der Waals surface area contributed by atoms with Gasteiger partial charge in [-0.25, -0.2) is 0 Å². The van der Waals surface area contributed by atoms with Crippen LogP contribution in [0.2, 0.25) is 0 Å². The fourth-order valence-corrected chi connectivity index (χ4v) is 2.12. The van der Waals surface area contributed by atoms with Crippen molar-refractivity contribution in [2.45, 2.75) is 57.9 Å². The number of rotatable bonds is 3. The maximum Gasteiger partial charge on any atom is 0.223 e. The zero-order valence-corrected chi connectivity index (χ0v) is 9.67. The molecule has 1 aliphatic rings. The van der Waals surface area contributed by atoms with Crippen LogP contribution >= 0.6 is 0 Å². The maximum atomic E-state index is 11.8. The average molecular weight is 213 g/mol. The third kappa shape index (κ3) is 4.65. The van der Waals surface area contributed by atoms with Gasteiger partial charge in [0.15, 0.2) is 0 Å². The smallest absolute Gasteiger partial charge is 0.223 e. The van der Waals surface area contributed by atoms with Gasteiger partial charge in [-0.05, 0) is 19.8 Å². The Morgan fingerprint density at radius 2 is 1.80 bits per heavy atom. The van der Waals surface area contributed by atoms with Crippen molar-refractivity contribution in [3.05, 3.63) is 0 Å². The predicted octanol–water partition coefficient (Wildman–Crippen LogP) is 1.84. The van der Waals surface area contributed by atoms with Crippen LogP contribution in [-0.4, -0.2) is 23.7 Å². The van der Waals surface area contributed by atoms with Gasteiger partial charge in [0.05, 0.1) is 6.61 Å². The van der Waals surface area contributed by atoms with Gasteiger partial charge >= 0.3 is 0 Å². The quantitative estimate of drug-likeness (QED) is 0.751. The molecule has 0 aromatic heterocycles. The Balaban J connectivity index is 2.34. The van der Waals surface area contributed by atoms with Gasteiger partial charge in [0.1, 0.15) is 0 Å². The summed E-state index contributed by atoms with van der Waals surface area (Å²) in [7, 11) is 0. The first-order valence-corrected chi connectivity index (χ1v) is 6.15. The molecule has 1 amide bonds. The van der Waals surface area contributed by atoms with E-state index in [0.29, 0.717) is 0 Å². The SMILES string of the molecule is C[C@@H](CO)NC(=O)C1CCCCCCC1. The standard InChI is InChI=1S/C12H23NO2/c1-10(9-14)13-12(15)11-7-5-3-2-4-6-8-11/h10-11,14H,2-9H2,1H3,(H,13,15)/t10-/m0/s1. The molecule has 3 heteroatoms. The Labute approximate surface area is 92.3 Å². The van der Waals surface area contributed by atoms with Crippen molar-refractivity contribution in [2.24, 2.45) is 5.92 Å². The first-order chi connectivity index (χ1) is 7.24. The third-order valence-corrected chi connectivity index (χ3v) is 3.14. The lowest BCUT2D eigenvalue weighted by atomic mass is 9.90. The molecule has 15 heavy (non-hydrogen) atoms. The van der Waals surface area contributed by atoms with E-state index in [2.05, 4.69) is 5.32 Å². The Morgan fingerprint density at radius 1 is 1.27 bits per heavy atom. The van der Waals surface area contributed by atoms with Crippen LogP contribution in [0.5, 0.6) is 0 Å². The van der Waals surface area contributed by atoms with Crippen molar-refractivity contribution < 1.29 is 9.90 Å². The second-order valence-electron chi connectivity index (χ2n) is 4.63. The summed E-state index contributed by atoms with van der Waals surface area (Å²) in [6, 6.07) is -0.108. The van der Waals surface area contributed by atoms with Gasteiger partial charge in [-0.1, -0.05) is 32.1 Å². The number of hydrogen-bond acceptors (Lipinski definition) is 2. The molecule has 1 atom stereocenters. The summed E-state index contributed by atoms with van der Waals surface area (Å²) < 4.78 is 0. The molecule has 0 aliphatic heterocycles. The highest BCUT2D eigenvalue weighted by atomic mass is 16.3. The first-order valence-electron chi connectivity index (χ1n) is 6.15. The Bertz CT molecular complexity index is 186. The Kier molecular flexibility index (Phi) is 5.69. The minimum Gasteiger partial charge on any atom is -0.394 e. The molecule has 1 aliphatic carbocycles.